The molecule has 3 aliphatic heterocycles. The summed E-state index contributed by atoms with van der Waals surface area (Å²) >= 11 is 0. The fourth-order valence-corrected chi connectivity index (χ4v) is 7.90. The van der Waals surface area contributed by atoms with Crippen LogP contribution in [0.1, 0.15) is 36.8 Å². The van der Waals surface area contributed by atoms with Crippen LogP contribution in [-0.4, -0.2) is 113 Å². The molecule has 0 saturated carbocycles. The number of hydrogen-bond donors (Lipinski definition) is 1. The normalized spacial score (nSPS) is 20.2. The molecule has 1 unspecified atom stereocenters. The van der Waals surface area contributed by atoms with Crippen molar-refractivity contribution in [2.75, 3.05) is 53.5 Å². The number of aryl methyl sites for hydroxylation is 1. The fraction of sp³-hybridized carbons (Fsp3) is 0.475. The molecule has 15 heteroatoms. The second kappa shape index (κ2) is 16.7. The molecular formula is C40H48FN7O7. The minimum absolute atomic E-state index is 0.0289. The number of nitrogens with one attached hydrogen (secondary N) is 1. The van der Waals surface area contributed by atoms with E-state index in [2.05, 4.69) is 15.2 Å². The van der Waals surface area contributed by atoms with Crippen molar-refractivity contribution in [2.45, 2.75) is 63.7 Å². The number of pyridine rings is 3. The van der Waals surface area contributed by atoms with Gasteiger partial charge in [0, 0.05) is 113 Å². The number of carbonyl (C=O) groups excluding carboxylic acids is 2. The topological polar surface area (TPSA) is 140 Å². The Bertz CT molecular complexity index is 2170. The summed E-state index contributed by atoms with van der Waals surface area (Å²) in [6.45, 7) is 4.45. The van der Waals surface area contributed by atoms with Gasteiger partial charge in [-0.2, -0.15) is 0 Å². The quantitative estimate of drug-likeness (QED) is 0.229. The van der Waals surface area contributed by atoms with E-state index >= 15 is 4.39 Å². The van der Waals surface area contributed by atoms with Crippen LogP contribution < -0.4 is 25.9 Å². The van der Waals surface area contributed by atoms with Crippen LogP contribution in [0.4, 0.5) is 9.18 Å². The SMILES string of the molecule is COc1cc(-c2cn(C)c(=O)c3cnccc23)c(OC)cc1CN1CCC(OC2CCN(CCn3cccc(CN4CCC(=O)NC4=O)c3=O)C[C@H]2F)CC1. The Kier molecular flexibility index (Phi) is 11.6. The van der Waals surface area contributed by atoms with Crippen LogP contribution in [0.2, 0.25) is 0 Å². The molecule has 1 aromatic carbocycles. The molecule has 55 heavy (non-hydrogen) atoms. The maximum absolute atomic E-state index is 15.5. The van der Waals surface area contributed by atoms with Crippen molar-refractivity contribution in [1.82, 2.24) is 34.1 Å². The zero-order chi connectivity index (χ0) is 38.6. The maximum atomic E-state index is 15.5. The van der Waals surface area contributed by atoms with Gasteiger partial charge in [-0.05, 0) is 48.9 Å². The first-order valence-corrected chi connectivity index (χ1v) is 18.8. The molecule has 4 aromatic rings. The Hall–Kier alpha value is -5.12. The molecule has 0 radical (unpaired) electrons. The number of imide groups is 1. The molecule has 0 bridgehead atoms. The van der Waals surface area contributed by atoms with Crippen molar-refractivity contribution >= 4 is 22.7 Å². The first kappa shape index (κ1) is 38.2. The highest BCUT2D eigenvalue weighted by atomic mass is 19.1. The standard InChI is InChI=1S/C40H48FN7O7/c1-44-24-32(29-6-11-42-21-31(29)39(44)51)30-20-35(53-2)27(19-36(30)54-3)22-45-13-7-28(8-14-45)55-34-9-15-46(25-33(34)41)17-18-47-12-4-5-26(38(47)50)23-48-16-10-37(49)43-40(48)52/h4-6,11-12,19-21,24,28,33-34H,7-10,13-18,22-23,25H2,1-3H3,(H,43,49,52)/t33-,34?/m1/s1. The predicted octanol–water partition coefficient (Wildman–Crippen LogP) is 3.31. The van der Waals surface area contributed by atoms with E-state index in [-0.39, 0.29) is 49.2 Å². The van der Waals surface area contributed by atoms with E-state index in [1.807, 2.05) is 29.3 Å². The van der Waals surface area contributed by atoms with Crippen LogP contribution in [-0.2, 0) is 36.2 Å². The number of halogens is 1. The number of carbonyl (C=O) groups is 2. The molecular weight excluding hydrogens is 709 g/mol. The third-order valence-electron chi connectivity index (χ3n) is 11.0. The number of fused-ring (bicyclic) bond motifs is 1. The second-order valence-electron chi connectivity index (χ2n) is 14.6. The zero-order valence-corrected chi connectivity index (χ0v) is 31.5. The van der Waals surface area contributed by atoms with Crippen molar-refractivity contribution < 1.29 is 28.2 Å². The molecule has 3 saturated heterocycles. The molecule has 6 heterocycles. The van der Waals surface area contributed by atoms with E-state index in [0.29, 0.717) is 49.3 Å². The predicted molar refractivity (Wildman–Crippen MR) is 204 cm³/mol. The van der Waals surface area contributed by atoms with Crippen LogP contribution in [0.3, 0.4) is 0 Å². The molecule has 0 spiro atoms. The Labute approximate surface area is 318 Å². The van der Waals surface area contributed by atoms with E-state index in [0.717, 1.165) is 53.8 Å². The number of rotatable bonds is 12. The monoisotopic (exact) mass is 757 g/mol. The van der Waals surface area contributed by atoms with Crippen LogP contribution in [0, 0.1) is 0 Å². The number of likely N-dealkylation sites (tertiary alicyclic amines) is 2. The van der Waals surface area contributed by atoms with Crippen molar-refractivity contribution in [3.05, 3.63) is 87.0 Å². The van der Waals surface area contributed by atoms with Gasteiger partial charge in [0.1, 0.15) is 17.7 Å². The number of ether oxygens (including phenoxy) is 3. The van der Waals surface area contributed by atoms with E-state index in [9.17, 15) is 19.2 Å². The van der Waals surface area contributed by atoms with Gasteiger partial charge in [-0.15, -0.1) is 0 Å². The lowest BCUT2D eigenvalue weighted by Gasteiger charge is -2.38. The highest BCUT2D eigenvalue weighted by Crippen LogP contribution is 2.39. The molecule has 7 rings (SSSR count). The Morgan fingerprint density at radius 3 is 2.38 bits per heavy atom. The molecule has 2 atom stereocenters. The average Bonchev–Trinajstić information content (AvgIpc) is 3.19. The summed E-state index contributed by atoms with van der Waals surface area (Å²) in [6, 6.07) is 8.78. The van der Waals surface area contributed by atoms with Gasteiger partial charge in [0.05, 0.1) is 38.4 Å². The van der Waals surface area contributed by atoms with E-state index in [4.69, 9.17) is 14.2 Å². The number of methoxy groups -OCH3 is 2. The van der Waals surface area contributed by atoms with Gasteiger partial charge < -0.3 is 28.2 Å². The number of piperidine rings is 2. The molecule has 292 valence electrons. The first-order valence-electron chi connectivity index (χ1n) is 18.8. The van der Waals surface area contributed by atoms with Gasteiger partial charge in [0.2, 0.25) is 5.91 Å². The summed E-state index contributed by atoms with van der Waals surface area (Å²) < 4.78 is 36.7. The molecule has 3 aliphatic rings. The molecule has 3 amide bonds. The minimum Gasteiger partial charge on any atom is -0.496 e. The number of benzene rings is 1. The van der Waals surface area contributed by atoms with Crippen LogP contribution in [0.25, 0.3) is 21.9 Å². The molecule has 3 aromatic heterocycles. The Balaban J connectivity index is 0.906. The van der Waals surface area contributed by atoms with Gasteiger partial charge in [0.25, 0.3) is 11.1 Å². The summed E-state index contributed by atoms with van der Waals surface area (Å²) in [5, 5.41) is 3.60. The Morgan fingerprint density at radius 2 is 1.64 bits per heavy atom. The zero-order valence-electron chi connectivity index (χ0n) is 31.5. The smallest absolute Gasteiger partial charge is 0.324 e. The first-order chi connectivity index (χ1) is 26.6. The fourth-order valence-electron chi connectivity index (χ4n) is 7.90. The lowest BCUT2D eigenvalue weighted by molar-refractivity contribution is -0.121. The summed E-state index contributed by atoms with van der Waals surface area (Å²) in [5.41, 5.74) is 2.80. The van der Waals surface area contributed by atoms with E-state index < -0.39 is 18.3 Å². The number of aromatic nitrogens is 3. The molecule has 14 nitrogen and oxygen atoms in total. The number of nitrogens with zero attached hydrogens (tertiary/aromatic N) is 6. The van der Waals surface area contributed by atoms with Crippen LogP contribution in [0.15, 0.2) is 64.7 Å². The summed E-state index contributed by atoms with van der Waals surface area (Å²) in [4.78, 5) is 59.5. The highest BCUT2D eigenvalue weighted by molar-refractivity contribution is 5.97. The van der Waals surface area contributed by atoms with Crippen LogP contribution in [0.5, 0.6) is 11.5 Å². The molecule has 0 aliphatic carbocycles. The van der Waals surface area contributed by atoms with Crippen molar-refractivity contribution in [3.63, 3.8) is 0 Å². The minimum atomic E-state index is -1.13. The average molecular weight is 758 g/mol. The summed E-state index contributed by atoms with van der Waals surface area (Å²) in [6.07, 6.45) is 7.51. The summed E-state index contributed by atoms with van der Waals surface area (Å²) in [7, 11) is 5.01. The highest BCUT2D eigenvalue weighted by Gasteiger charge is 2.33. The lowest BCUT2D eigenvalue weighted by atomic mass is 9.98. The third kappa shape index (κ3) is 8.43. The number of amides is 3. The van der Waals surface area contributed by atoms with E-state index in [1.54, 1.807) is 61.1 Å². The summed E-state index contributed by atoms with van der Waals surface area (Å²) in [5.74, 6) is 1.08. The van der Waals surface area contributed by atoms with Gasteiger partial charge in [-0.25, -0.2) is 9.18 Å². The lowest BCUT2D eigenvalue weighted by Crippen LogP contribution is -2.50. The second-order valence-corrected chi connectivity index (χ2v) is 14.6. The molecule has 3 fully saturated rings. The number of alkyl halides is 1. The van der Waals surface area contributed by atoms with Crippen molar-refractivity contribution in [2.24, 2.45) is 7.05 Å². The van der Waals surface area contributed by atoms with Crippen molar-refractivity contribution in [3.8, 4) is 22.6 Å². The Morgan fingerprint density at radius 1 is 0.855 bits per heavy atom. The van der Waals surface area contributed by atoms with Crippen LogP contribution >= 0.6 is 0 Å². The van der Waals surface area contributed by atoms with Gasteiger partial charge in [0.15, 0.2) is 0 Å². The van der Waals surface area contributed by atoms with Gasteiger partial charge in [-0.3, -0.25) is 34.5 Å². The van der Waals surface area contributed by atoms with Gasteiger partial charge >= 0.3 is 6.03 Å². The van der Waals surface area contributed by atoms with E-state index in [1.165, 1.54) is 4.90 Å². The third-order valence-corrected chi connectivity index (χ3v) is 11.0. The maximum Gasteiger partial charge on any atom is 0.324 e. The molecule has 1 N–H and O–H groups in total. The van der Waals surface area contributed by atoms with Gasteiger partial charge in [-0.1, -0.05) is 6.07 Å². The van der Waals surface area contributed by atoms with Crippen molar-refractivity contribution in [1.29, 1.82) is 0 Å². The number of urea groups is 1. The largest absolute Gasteiger partial charge is 0.496 e. The number of hydrogen-bond acceptors (Lipinski definition) is 10.